The largest absolute Gasteiger partial charge is 0.340 e. The van der Waals surface area contributed by atoms with E-state index in [1.807, 2.05) is 6.92 Å². The first-order chi connectivity index (χ1) is 9.29. The van der Waals surface area contributed by atoms with Gasteiger partial charge in [0.15, 0.2) is 0 Å². The van der Waals surface area contributed by atoms with Crippen molar-refractivity contribution in [2.75, 3.05) is 6.54 Å². The predicted molar refractivity (Wildman–Crippen MR) is 82.3 cm³/mol. The van der Waals surface area contributed by atoms with Crippen LogP contribution in [0.1, 0.15) is 90.9 Å². The second kappa shape index (κ2) is 10.3. The molecule has 1 rings (SSSR count). The fraction of sp³-hybridized carbons (Fsp3) is 0.941. The van der Waals surface area contributed by atoms with Gasteiger partial charge in [-0.25, -0.2) is 0 Å². The van der Waals surface area contributed by atoms with E-state index in [-0.39, 0.29) is 0 Å². The van der Waals surface area contributed by atoms with Crippen molar-refractivity contribution in [3.8, 4) is 0 Å². The molecule has 0 aromatic rings. The van der Waals surface area contributed by atoms with Crippen molar-refractivity contribution >= 4 is 5.91 Å². The van der Waals surface area contributed by atoms with Crippen LogP contribution >= 0.6 is 0 Å². The first kappa shape index (κ1) is 16.5. The number of piperidine rings is 1. The van der Waals surface area contributed by atoms with Gasteiger partial charge in [-0.05, 0) is 25.7 Å². The zero-order chi connectivity index (χ0) is 13.9. The molecule has 1 heterocycles. The molecule has 0 unspecified atom stereocenters. The quantitative estimate of drug-likeness (QED) is 0.543. The van der Waals surface area contributed by atoms with Gasteiger partial charge in [-0.1, -0.05) is 58.8 Å². The second-order valence-electron chi connectivity index (χ2n) is 6.00. The van der Waals surface area contributed by atoms with Crippen molar-refractivity contribution in [3.63, 3.8) is 0 Å². The summed E-state index contributed by atoms with van der Waals surface area (Å²) in [5.41, 5.74) is 0. The van der Waals surface area contributed by atoms with Gasteiger partial charge in [-0.3, -0.25) is 4.79 Å². The van der Waals surface area contributed by atoms with E-state index >= 15 is 0 Å². The lowest BCUT2D eigenvalue weighted by Gasteiger charge is -2.36. The summed E-state index contributed by atoms with van der Waals surface area (Å²) in [5.74, 6) is 0.368. The Morgan fingerprint density at radius 1 is 1.00 bits per heavy atom. The van der Waals surface area contributed by atoms with E-state index in [1.54, 1.807) is 0 Å². The Labute approximate surface area is 119 Å². The lowest BCUT2D eigenvalue weighted by molar-refractivity contribution is -0.134. The lowest BCUT2D eigenvalue weighted by atomic mass is 9.96. The number of unbranched alkanes of at least 4 members (excludes halogenated alkanes) is 6. The first-order valence-corrected chi connectivity index (χ1v) is 8.59. The molecule has 1 aliphatic rings. The molecule has 0 aromatic carbocycles. The summed E-state index contributed by atoms with van der Waals surface area (Å²) in [6.07, 6.45) is 15.2. The first-order valence-electron chi connectivity index (χ1n) is 8.59. The highest BCUT2D eigenvalue weighted by Crippen LogP contribution is 2.23. The monoisotopic (exact) mass is 267 g/mol. The Morgan fingerprint density at radius 2 is 1.68 bits per heavy atom. The third-order valence-electron chi connectivity index (χ3n) is 4.39. The minimum absolute atomic E-state index is 0.368. The molecule has 0 saturated carbocycles. The molecule has 1 saturated heterocycles. The van der Waals surface area contributed by atoms with Crippen LogP contribution in [-0.4, -0.2) is 23.4 Å². The van der Waals surface area contributed by atoms with Crippen molar-refractivity contribution < 1.29 is 4.79 Å². The average Bonchev–Trinajstić information content (AvgIpc) is 2.46. The van der Waals surface area contributed by atoms with E-state index in [0.717, 1.165) is 6.54 Å². The average molecular weight is 267 g/mol. The molecule has 19 heavy (non-hydrogen) atoms. The summed E-state index contributed by atoms with van der Waals surface area (Å²) in [5, 5.41) is 0. The van der Waals surface area contributed by atoms with E-state index in [9.17, 15) is 4.79 Å². The molecule has 0 N–H and O–H groups in total. The zero-order valence-corrected chi connectivity index (χ0v) is 13.1. The van der Waals surface area contributed by atoms with Gasteiger partial charge in [0.1, 0.15) is 0 Å². The van der Waals surface area contributed by atoms with Crippen LogP contribution in [-0.2, 0) is 4.79 Å². The Hall–Kier alpha value is -0.530. The maximum atomic E-state index is 11.9. The summed E-state index contributed by atoms with van der Waals surface area (Å²) in [6, 6.07) is 0.553. The van der Waals surface area contributed by atoms with Crippen LogP contribution in [0, 0.1) is 0 Å². The molecule has 2 nitrogen and oxygen atoms in total. The normalized spacial score (nSPS) is 19.7. The van der Waals surface area contributed by atoms with E-state index in [4.69, 9.17) is 0 Å². The maximum absolute atomic E-state index is 11.9. The topological polar surface area (TPSA) is 20.3 Å². The Balaban J connectivity index is 2.13. The van der Waals surface area contributed by atoms with Crippen molar-refractivity contribution in [1.82, 2.24) is 4.90 Å². The molecule has 1 atom stereocenters. The highest BCUT2D eigenvalue weighted by molar-refractivity contribution is 5.76. The molecule has 1 amide bonds. The summed E-state index contributed by atoms with van der Waals surface area (Å²) >= 11 is 0. The van der Waals surface area contributed by atoms with Crippen molar-refractivity contribution in [3.05, 3.63) is 0 Å². The Morgan fingerprint density at radius 3 is 2.37 bits per heavy atom. The summed E-state index contributed by atoms with van der Waals surface area (Å²) in [7, 11) is 0. The molecule has 1 fully saturated rings. The molecule has 0 bridgehead atoms. The van der Waals surface area contributed by atoms with Crippen LogP contribution in [0.5, 0.6) is 0 Å². The third-order valence-corrected chi connectivity index (χ3v) is 4.39. The van der Waals surface area contributed by atoms with Crippen molar-refractivity contribution in [2.45, 2.75) is 96.9 Å². The fourth-order valence-electron chi connectivity index (χ4n) is 3.17. The van der Waals surface area contributed by atoms with Gasteiger partial charge in [-0.2, -0.15) is 0 Å². The number of carbonyl (C=O) groups is 1. The standard InChI is InChI=1S/C17H33NO/c1-3-5-6-7-8-9-10-13-16-14-11-12-15-18(16)17(19)4-2/h16H,3-15H2,1-2H3/t16-/m0/s1. The van der Waals surface area contributed by atoms with E-state index in [2.05, 4.69) is 11.8 Å². The lowest BCUT2D eigenvalue weighted by Crippen LogP contribution is -2.43. The summed E-state index contributed by atoms with van der Waals surface area (Å²) < 4.78 is 0. The van der Waals surface area contributed by atoms with Crippen LogP contribution in [0.2, 0.25) is 0 Å². The molecule has 2 heteroatoms. The number of nitrogens with zero attached hydrogens (tertiary/aromatic N) is 1. The third kappa shape index (κ3) is 6.44. The highest BCUT2D eigenvalue weighted by atomic mass is 16.2. The number of amides is 1. The molecule has 0 spiro atoms. The number of rotatable bonds is 9. The molecule has 0 aromatic heterocycles. The van der Waals surface area contributed by atoms with Gasteiger partial charge in [-0.15, -0.1) is 0 Å². The number of hydrogen-bond acceptors (Lipinski definition) is 1. The molecule has 0 aliphatic carbocycles. The minimum Gasteiger partial charge on any atom is -0.340 e. The van der Waals surface area contributed by atoms with Crippen LogP contribution < -0.4 is 0 Å². The number of carbonyl (C=O) groups excluding carboxylic acids is 1. The molecular formula is C17H33NO. The number of likely N-dealkylation sites (tertiary alicyclic amines) is 1. The molecular weight excluding hydrogens is 234 g/mol. The van der Waals surface area contributed by atoms with Crippen LogP contribution in [0.4, 0.5) is 0 Å². The van der Waals surface area contributed by atoms with Gasteiger partial charge in [0.05, 0.1) is 0 Å². The maximum Gasteiger partial charge on any atom is 0.222 e. The minimum atomic E-state index is 0.368. The number of hydrogen-bond donors (Lipinski definition) is 0. The van der Waals surface area contributed by atoms with Crippen LogP contribution in [0.25, 0.3) is 0 Å². The van der Waals surface area contributed by atoms with Gasteiger partial charge >= 0.3 is 0 Å². The van der Waals surface area contributed by atoms with Gasteiger partial charge < -0.3 is 4.90 Å². The van der Waals surface area contributed by atoms with Crippen molar-refractivity contribution in [1.29, 1.82) is 0 Å². The Kier molecular flexibility index (Phi) is 8.94. The summed E-state index contributed by atoms with van der Waals surface area (Å²) in [6.45, 7) is 5.26. The highest BCUT2D eigenvalue weighted by Gasteiger charge is 2.24. The SMILES string of the molecule is CCCCCCCCC[C@H]1CCCCN1C(=O)CC. The van der Waals surface area contributed by atoms with Gasteiger partial charge in [0.25, 0.3) is 0 Å². The summed E-state index contributed by atoms with van der Waals surface area (Å²) in [4.78, 5) is 14.1. The van der Waals surface area contributed by atoms with Crippen LogP contribution in [0.15, 0.2) is 0 Å². The van der Waals surface area contributed by atoms with E-state index < -0.39 is 0 Å². The fourth-order valence-corrected chi connectivity index (χ4v) is 3.17. The molecule has 0 radical (unpaired) electrons. The van der Waals surface area contributed by atoms with Gasteiger partial charge in [0, 0.05) is 19.0 Å². The van der Waals surface area contributed by atoms with E-state index in [0.29, 0.717) is 18.4 Å². The van der Waals surface area contributed by atoms with Gasteiger partial charge in [0.2, 0.25) is 5.91 Å². The van der Waals surface area contributed by atoms with Crippen molar-refractivity contribution in [2.24, 2.45) is 0 Å². The molecule has 112 valence electrons. The molecule has 1 aliphatic heterocycles. The zero-order valence-electron chi connectivity index (χ0n) is 13.1. The van der Waals surface area contributed by atoms with Crippen LogP contribution in [0.3, 0.4) is 0 Å². The van der Waals surface area contributed by atoms with E-state index in [1.165, 1.54) is 70.6 Å². The Bertz CT molecular complexity index is 239. The smallest absolute Gasteiger partial charge is 0.222 e. The predicted octanol–water partition coefficient (Wildman–Crippen LogP) is 4.92. The second-order valence-corrected chi connectivity index (χ2v) is 6.00.